The lowest BCUT2D eigenvalue weighted by molar-refractivity contribution is -0.192. The minimum absolute atomic E-state index is 0.00448. The molecular weight excluding hydrogens is 681 g/mol. The maximum Gasteiger partial charge on any atom is 0.490 e. The molecule has 1 rings (SSSR count). The third-order valence-electron chi connectivity index (χ3n) is 6.88. The molecule has 14 nitrogen and oxygen atoms in total. The van der Waals surface area contributed by atoms with Crippen molar-refractivity contribution in [2.24, 2.45) is 11.8 Å². The average Bonchev–Trinajstić information content (AvgIpc) is 3.02. The zero-order valence-electron chi connectivity index (χ0n) is 30.2. The number of esters is 1. The van der Waals surface area contributed by atoms with Gasteiger partial charge in [0.2, 0.25) is 17.7 Å². The van der Waals surface area contributed by atoms with Crippen molar-refractivity contribution in [2.45, 2.75) is 124 Å². The number of carboxylic acid groups (broad SMARTS) is 1. The van der Waals surface area contributed by atoms with Crippen LogP contribution in [0.4, 0.5) is 18.0 Å². The largest absolute Gasteiger partial charge is 0.490 e. The number of hydrogen-bond donors (Lipinski definition) is 5. The summed E-state index contributed by atoms with van der Waals surface area (Å²) >= 11 is 0. The molecule has 5 N–H and O–H groups in total. The van der Waals surface area contributed by atoms with Crippen molar-refractivity contribution in [3.8, 4) is 0 Å². The Morgan fingerprint density at radius 3 is 1.90 bits per heavy atom. The van der Waals surface area contributed by atoms with E-state index in [2.05, 4.69) is 21.3 Å². The Morgan fingerprint density at radius 2 is 1.43 bits per heavy atom. The van der Waals surface area contributed by atoms with E-state index in [0.717, 1.165) is 5.56 Å². The number of benzene rings is 1. The van der Waals surface area contributed by atoms with Crippen molar-refractivity contribution in [3.63, 3.8) is 0 Å². The molecule has 288 valence electrons. The Kier molecular flexibility index (Phi) is 20.1. The van der Waals surface area contributed by atoms with Gasteiger partial charge in [-0.1, -0.05) is 64.4 Å². The van der Waals surface area contributed by atoms with Gasteiger partial charge in [-0.2, -0.15) is 13.2 Å². The van der Waals surface area contributed by atoms with E-state index in [-0.39, 0.29) is 31.3 Å². The van der Waals surface area contributed by atoms with Crippen LogP contribution in [-0.4, -0.2) is 83.1 Å². The molecule has 5 atom stereocenters. The average molecular weight is 733 g/mol. The summed E-state index contributed by atoms with van der Waals surface area (Å²) in [5, 5.41) is 17.5. The van der Waals surface area contributed by atoms with E-state index in [9.17, 15) is 41.9 Å². The van der Waals surface area contributed by atoms with Gasteiger partial charge in [-0.3, -0.25) is 19.2 Å². The molecule has 0 saturated heterocycles. The summed E-state index contributed by atoms with van der Waals surface area (Å²) in [7, 11) is 0. The molecule has 0 aliphatic heterocycles. The number of aliphatic carboxylic acids is 1. The summed E-state index contributed by atoms with van der Waals surface area (Å²) in [6, 6.07) is 5.00. The number of alkyl halides is 3. The van der Waals surface area contributed by atoms with Gasteiger partial charge < -0.3 is 40.6 Å². The quantitative estimate of drug-likeness (QED) is 0.116. The number of aldehydes is 1. The maximum absolute atomic E-state index is 13.5. The first-order chi connectivity index (χ1) is 23.5. The van der Waals surface area contributed by atoms with Crippen molar-refractivity contribution in [3.05, 3.63) is 35.9 Å². The SMILES string of the molecule is CC[C@H](C)[C@H](NC(=O)OCc1ccccc1)C(=O)N[C@@H](CCC(=O)OC(C)(C)C)C(=O)N[C@@H](C)C(=O)N[C@H](C=O)CC(C)C.O=C(O)C(F)(F)F. The molecule has 0 aliphatic carbocycles. The summed E-state index contributed by atoms with van der Waals surface area (Å²) in [4.78, 5) is 84.8. The molecular formula is C34H51F3N4O10. The van der Waals surface area contributed by atoms with Crippen LogP contribution in [0.3, 0.4) is 0 Å². The Labute approximate surface area is 296 Å². The summed E-state index contributed by atoms with van der Waals surface area (Å²) < 4.78 is 42.4. The number of nitrogens with one attached hydrogen (secondary N) is 4. The van der Waals surface area contributed by atoms with Crippen LogP contribution in [-0.2, 0) is 44.8 Å². The van der Waals surface area contributed by atoms with Crippen LogP contribution >= 0.6 is 0 Å². The molecule has 0 fully saturated rings. The highest BCUT2D eigenvalue weighted by Gasteiger charge is 2.38. The number of halogens is 3. The summed E-state index contributed by atoms with van der Waals surface area (Å²) in [6.07, 6.45) is -4.61. The first-order valence-electron chi connectivity index (χ1n) is 16.4. The van der Waals surface area contributed by atoms with E-state index in [1.54, 1.807) is 39.8 Å². The second kappa shape index (κ2) is 22.2. The van der Waals surface area contributed by atoms with Gasteiger partial charge in [0.25, 0.3) is 0 Å². The Bertz CT molecular complexity index is 1300. The molecule has 1 aromatic carbocycles. The third-order valence-corrected chi connectivity index (χ3v) is 6.88. The van der Waals surface area contributed by atoms with Crippen LogP contribution in [0.5, 0.6) is 0 Å². The van der Waals surface area contributed by atoms with Gasteiger partial charge in [0.05, 0.1) is 6.04 Å². The second-order valence-corrected chi connectivity index (χ2v) is 13.2. The van der Waals surface area contributed by atoms with Crippen LogP contribution in [0.1, 0.15) is 86.6 Å². The molecule has 0 unspecified atom stereocenters. The normalized spacial score (nSPS) is 14.2. The Balaban J connectivity index is 0.00000321. The van der Waals surface area contributed by atoms with Crippen molar-refractivity contribution in [1.29, 1.82) is 0 Å². The number of alkyl carbamates (subject to hydrolysis) is 1. The van der Waals surface area contributed by atoms with Crippen LogP contribution in [0.15, 0.2) is 30.3 Å². The smallest absolute Gasteiger partial charge is 0.475 e. The van der Waals surface area contributed by atoms with Gasteiger partial charge in [-0.15, -0.1) is 0 Å². The van der Waals surface area contributed by atoms with Crippen LogP contribution in [0.2, 0.25) is 0 Å². The van der Waals surface area contributed by atoms with E-state index in [4.69, 9.17) is 19.4 Å². The molecule has 17 heteroatoms. The molecule has 0 bridgehead atoms. The zero-order chi connectivity index (χ0) is 39.5. The summed E-state index contributed by atoms with van der Waals surface area (Å²) in [5.41, 5.74) is 0.0227. The molecule has 0 radical (unpaired) electrons. The molecule has 0 aromatic heterocycles. The van der Waals surface area contributed by atoms with Crippen molar-refractivity contribution >= 4 is 42.0 Å². The second-order valence-electron chi connectivity index (χ2n) is 13.2. The first kappa shape index (κ1) is 46.3. The standard InChI is InChI=1S/C32H50N4O8.C2HF3O2/c1-9-21(4)27(36-31(42)43-19-23-13-11-10-12-14-23)30(41)35-25(15-16-26(38)44-32(6,7)8)29(40)33-22(5)28(39)34-24(18-37)17-20(2)3;3-2(4,5)1(6)7/h10-14,18,20-22,24-25,27H,9,15-17,19H2,1-8H3,(H,33,40)(H,34,39)(H,35,41)(H,36,42);(H,6,7)/t21-,22-,24-,25-,27-;/m0./s1. The number of hydrogen-bond acceptors (Lipinski definition) is 9. The van der Waals surface area contributed by atoms with Gasteiger partial charge in [-0.25, -0.2) is 9.59 Å². The van der Waals surface area contributed by atoms with Gasteiger partial charge in [0, 0.05) is 6.42 Å². The van der Waals surface area contributed by atoms with E-state index < -0.39 is 71.7 Å². The molecule has 4 amide bonds. The van der Waals surface area contributed by atoms with Gasteiger partial charge >= 0.3 is 24.2 Å². The number of carbonyl (C=O) groups excluding carboxylic acids is 6. The minimum Gasteiger partial charge on any atom is -0.475 e. The molecule has 0 aliphatic rings. The number of amides is 4. The number of ether oxygens (including phenoxy) is 2. The van der Waals surface area contributed by atoms with E-state index in [1.807, 2.05) is 39.0 Å². The fraction of sp³-hybridized carbons (Fsp3) is 0.618. The zero-order valence-corrected chi connectivity index (χ0v) is 30.2. The summed E-state index contributed by atoms with van der Waals surface area (Å²) in [6.45, 7) is 14.0. The fourth-order valence-electron chi connectivity index (χ4n) is 4.12. The predicted molar refractivity (Wildman–Crippen MR) is 179 cm³/mol. The first-order valence-corrected chi connectivity index (χ1v) is 16.4. The molecule has 51 heavy (non-hydrogen) atoms. The van der Waals surface area contributed by atoms with Crippen LogP contribution in [0, 0.1) is 11.8 Å². The van der Waals surface area contributed by atoms with Gasteiger partial charge in [0.1, 0.15) is 36.6 Å². The van der Waals surface area contributed by atoms with E-state index >= 15 is 0 Å². The highest BCUT2D eigenvalue weighted by molar-refractivity contribution is 5.94. The van der Waals surface area contributed by atoms with Crippen molar-refractivity contribution in [1.82, 2.24) is 21.3 Å². The molecule has 1 aromatic rings. The number of rotatable bonds is 17. The maximum atomic E-state index is 13.5. The highest BCUT2D eigenvalue weighted by Crippen LogP contribution is 2.14. The van der Waals surface area contributed by atoms with E-state index in [1.165, 1.54) is 6.92 Å². The molecule has 0 heterocycles. The fourth-order valence-corrected chi connectivity index (χ4v) is 4.12. The Hall–Kier alpha value is -4.70. The lowest BCUT2D eigenvalue weighted by Crippen LogP contribution is -2.58. The Morgan fingerprint density at radius 1 is 0.863 bits per heavy atom. The monoisotopic (exact) mass is 732 g/mol. The van der Waals surface area contributed by atoms with Crippen molar-refractivity contribution < 1.29 is 61.3 Å². The lowest BCUT2D eigenvalue weighted by atomic mass is 9.97. The molecule has 0 saturated carbocycles. The topological polar surface area (TPSA) is 206 Å². The van der Waals surface area contributed by atoms with Crippen molar-refractivity contribution in [2.75, 3.05) is 0 Å². The van der Waals surface area contributed by atoms with Gasteiger partial charge in [-0.05, 0) is 57.9 Å². The van der Waals surface area contributed by atoms with Gasteiger partial charge in [0.15, 0.2) is 0 Å². The highest BCUT2D eigenvalue weighted by atomic mass is 19.4. The third kappa shape index (κ3) is 20.5. The number of carbonyl (C=O) groups is 7. The summed E-state index contributed by atoms with van der Waals surface area (Å²) in [5.74, 6) is -5.45. The van der Waals surface area contributed by atoms with E-state index in [0.29, 0.717) is 19.1 Å². The van der Waals surface area contributed by atoms with Crippen LogP contribution in [0.25, 0.3) is 0 Å². The van der Waals surface area contributed by atoms with Crippen LogP contribution < -0.4 is 21.3 Å². The molecule has 0 spiro atoms. The minimum atomic E-state index is -5.08. The predicted octanol–water partition coefficient (Wildman–Crippen LogP) is 3.80. The lowest BCUT2D eigenvalue weighted by Gasteiger charge is -2.27. The number of carboxylic acids is 1.